The lowest BCUT2D eigenvalue weighted by Gasteiger charge is -2.48. The lowest BCUT2D eigenvalue weighted by atomic mass is 9.69. The summed E-state index contributed by atoms with van der Waals surface area (Å²) in [5.74, 6) is 0. The molecule has 1 heterocycles. The van der Waals surface area contributed by atoms with Crippen molar-refractivity contribution >= 4 is 21.6 Å². The van der Waals surface area contributed by atoms with Gasteiger partial charge in [-0.05, 0) is 57.5 Å². The number of para-hydroxylation sites is 1. The largest absolute Gasteiger partial charge is 0.330 e. The van der Waals surface area contributed by atoms with E-state index < -0.39 is 21.4 Å². The summed E-state index contributed by atoms with van der Waals surface area (Å²) in [6.45, 7) is 0.364. The number of sulfone groups is 1. The Balaban J connectivity index is 1.61. The van der Waals surface area contributed by atoms with Gasteiger partial charge in [0.25, 0.3) is 0 Å². The van der Waals surface area contributed by atoms with Crippen molar-refractivity contribution in [2.45, 2.75) is 41.7 Å². The van der Waals surface area contributed by atoms with Crippen molar-refractivity contribution in [2.75, 3.05) is 31.5 Å². The normalized spacial score (nSPS) is 26.5. The van der Waals surface area contributed by atoms with E-state index in [1.165, 1.54) is 16.5 Å². The molecule has 1 N–H and O–H groups in total. The summed E-state index contributed by atoms with van der Waals surface area (Å²) in [5, 5.41) is 3.12. The second kappa shape index (κ2) is 7.91. The lowest BCUT2D eigenvalue weighted by Crippen LogP contribution is -2.54. The smallest absolute Gasteiger partial charge is 0.322 e. The quantitative estimate of drug-likeness (QED) is 0.762. The third kappa shape index (κ3) is 3.72. The average Bonchev–Trinajstić information content (AvgIpc) is 3.10. The average molecular weight is 446 g/mol. The van der Waals surface area contributed by atoms with E-state index in [1.807, 2.05) is 18.2 Å². The first-order valence-corrected chi connectivity index (χ1v) is 12.1. The van der Waals surface area contributed by atoms with Gasteiger partial charge in [0, 0.05) is 5.54 Å². The molecule has 8 heteroatoms. The molecule has 31 heavy (non-hydrogen) atoms. The third-order valence-corrected chi connectivity index (χ3v) is 8.22. The number of rotatable bonds is 5. The molecule has 4 rings (SSSR count). The second-order valence-corrected chi connectivity index (χ2v) is 10.7. The number of amides is 2. The number of benzene rings is 2. The van der Waals surface area contributed by atoms with Gasteiger partial charge in [0.05, 0.1) is 22.7 Å². The van der Waals surface area contributed by atoms with Crippen LogP contribution in [-0.4, -0.2) is 51.5 Å². The highest BCUT2D eigenvalue weighted by atomic mass is 32.2. The molecule has 1 aliphatic heterocycles. The Morgan fingerprint density at radius 2 is 1.61 bits per heavy atom. The molecular formula is C23H28FN3O3S. The highest BCUT2D eigenvalue weighted by Crippen LogP contribution is 2.46. The number of hydrogen-bond donors (Lipinski definition) is 1. The van der Waals surface area contributed by atoms with Gasteiger partial charge >= 0.3 is 6.03 Å². The van der Waals surface area contributed by atoms with Crippen molar-refractivity contribution in [1.29, 1.82) is 0 Å². The summed E-state index contributed by atoms with van der Waals surface area (Å²) in [6.07, 6.45) is 3.26. The van der Waals surface area contributed by atoms with Crippen LogP contribution in [0.3, 0.4) is 0 Å². The molecule has 2 aromatic rings. The first-order chi connectivity index (χ1) is 14.7. The zero-order valence-electron chi connectivity index (χ0n) is 17.8. The van der Waals surface area contributed by atoms with E-state index >= 15 is 0 Å². The molecule has 1 saturated carbocycles. The maximum Gasteiger partial charge on any atom is 0.322 e. The van der Waals surface area contributed by atoms with Crippen molar-refractivity contribution in [2.24, 2.45) is 0 Å². The Hall–Kier alpha value is -2.45. The number of carbonyl (C=O) groups excluding carboxylic acids is 1. The van der Waals surface area contributed by atoms with Crippen molar-refractivity contribution in [1.82, 2.24) is 10.2 Å². The van der Waals surface area contributed by atoms with Crippen LogP contribution in [0.1, 0.15) is 31.2 Å². The molecule has 2 aromatic carbocycles. The highest BCUT2D eigenvalue weighted by Gasteiger charge is 2.50. The summed E-state index contributed by atoms with van der Waals surface area (Å²) >= 11 is 0. The summed E-state index contributed by atoms with van der Waals surface area (Å²) in [5.41, 5.74) is 0.954. The predicted molar refractivity (Wildman–Crippen MR) is 118 cm³/mol. The molecule has 2 amide bonds. The molecule has 1 saturated heterocycles. The molecule has 6 nitrogen and oxygen atoms in total. The Morgan fingerprint density at radius 1 is 1.00 bits per heavy atom. The van der Waals surface area contributed by atoms with Gasteiger partial charge in [0.1, 0.15) is 0 Å². The van der Waals surface area contributed by atoms with Crippen LogP contribution < -0.4 is 10.2 Å². The summed E-state index contributed by atoms with van der Waals surface area (Å²) in [4.78, 5) is 16.5. The number of alkyl halides is 1. The molecular weight excluding hydrogens is 417 g/mol. The molecule has 2 aliphatic rings. The van der Waals surface area contributed by atoms with Crippen LogP contribution >= 0.6 is 0 Å². The first-order valence-electron chi connectivity index (χ1n) is 10.4. The van der Waals surface area contributed by atoms with E-state index in [-0.39, 0.29) is 22.2 Å². The number of nitrogens with zero attached hydrogens (tertiary/aromatic N) is 2. The Morgan fingerprint density at radius 3 is 2.23 bits per heavy atom. The van der Waals surface area contributed by atoms with E-state index in [2.05, 4.69) is 36.4 Å². The lowest BCUT2D eigenvalue weighted by molar-refractivity contribution is 0.0658. The van der Waals surface area contributed by atoms with Gasteiger partial charge in [-0.1, -0.05) is 42.5 Å². The monoisotopic (exact) mass is 445 g/mol. The maximum atomic E-state index is 13.2. The minimum absolute atomic E-state index is 0.111. The SMILES string of the molecule is CN(C)C1(c2ccccc2)CCC2(CC1)CN(c1ccccc1S(=O)(=O)CF)C(=O)N2. The Labute approximate surface area is 183 Å². The zero-order valence-corrected chi connectivity index (χ0v) is 18.7. The molecule has 166 valence electrons. The van der Waals surface area contributed by atoms with Crippen molar-refractivity contribution in [3.8, 4) is 0 Å². The Kier molecular flexibility index (Phi) is 5.55. The maximum absolute atomic E-state index is 13.2. The van der Waals surface area contributed by atoms with Gasteiger partial charge in [0.2, 0.25) is 9.84 Å². The molecule has 0 bridgehead atoms. The minimum atomic E-state index is -4.09. The van der Waals surface area contributed by atoms with Gasteiger partial charge in [0.15, 0.2) is 6.01 Å². The molecule has 1 spiro atoms. The van der Waals surface area contributed by atoms with Gasteiger partial charge in [-0.2, -0.15) is 0 Å². The number of halogens is 1. The van der Waals surface area contributed by atoms with E-state index in [0.717, 1.165) is 25.7 Å². The minimum Gasteiger partial charge on any atom is -0.330 e. The van der Waals surface area contributed by atoms with Crippen molar-refractivity contribution < 1.29 is 17.6 Å². The number of carbonyl (C=O) groups is 1. The van der Waals surface area contributed by atoms with Crippen LogP contribution in [0.5, 0.6) is 0 Å². The van der Waals surface area contributed by atoms with E-state index in [0.29, 0.717) is 6.54 Å². The Bertz CT molecular complexity index is 1060. The first kappa shape index (κ1) is 21.8. The molecule has 0 aromatic heterocycles. The summed E-state index contributed by atoms with van der Waals surface area (Å²) in [6, 6.07) is 14.7. The number of hydrogen-bond acceptors (Lipinski definition) is 4. The van der Waals surface area contributed by atoms with Crippen LogP contribution in [0.4, 0.5) is 14.9 Å². The van der Waals surface area contributed by atoms with Crippen LogP contribution in [0, 0.1) is 0 Å². The number of nitrogens with one attached hydrogen (secondary N) is 1. The van der Waals surface area contributed by atoms with Gasteiger partial charge in [-0.15, -0.1) is 0 Å². The molecule has 0 atom stereocenters. The predicted octanol–water partition coefficient (Wildman–Crippen LogP) is 3.69. The zero-order chi connectivity index (χ0) is 22.3. The molecule has 1 aliphatic carbocycles. The van der Waals surface area contributed by atoms with E-state index in [4.69, 9.17) is 0 Å². The van der Waals surface area contributed by atoms with E-state index in [9.17, 15) is 17.6 Å². The van der Waals surface area contributed by atoms with Gasteiger partial charge in [-0.25, -0.2) is 17.6 Å². The van der Waals surface area contributed by atoms with Crippen molar-refractivity contribution in [3.05, 3.63) is 60.2 Å². The van der Waals surface area contributed by atoms with Crippen LogP contribution in [0.25, 0.3) is 0 Å². The fraction of sp³-hybridized carbons (Fsp3) is 0.435. The van der Waals surface area contributed by atoms with Crippen molar-refractivity contribution in [3.63, 3.8) is 0 Å². The number of anilines is 1. The van der Waals surface area contributed by atoms with Gasteiger partial charge < -0.3 is 5.32 Å². The number of urea groups is 1. The molecule has 0 radical (unpaired) electrons. The highest BCUT2D eigenvalue weighted by molar-refractivity contribution is 7.91. The molecule has 2 fully saturated rings. The summed E-state index contributed by atoms with van der Waals surface area (Å²) < 4.78 is 37.6. The standard InChI is InChI=1S/C23H28FN3O3S/c1-26(2)23(18-8-4-3-5-9-18)14-12-22(13-15-23)16-27(21(28)25-22)19-10-6-7-11-20(19)31(29,30)17-24/h3-11H,12-17H2,1-2H3,(H,25,28). The third-order valence-electron chi connectivity index (χ3n) is 6.91. The fourth-order valence-electron chi connectivity index (χ4n) is 5.07. The van der Waals surface area contributed by atoms with Crippen LogP contribution in [-0.2, 0) is 15.4 Å². The van der Waals surface area contributed by atoms with Crippen LogP contribution in [0.15, 0.2) is 59.5 Å². The topological polar surface area (TPSA) is 69.7 Å². The van der Waals surface area contributed by atoms with E-state index in [1.54, 1.807) is 18.2 Å². The van der Waals surface area contributed by atoms with Gasteiger partial charge in [-0.3, -0.25) is 9.80 Å². The molecule has 0 unspecified atom stereocenters. The van der Waals surface area contributed by atoms with Crippen LogP contribution in [0.2, 0.25) is 0 Å². The summed E-state index contributed by atoms with van der Waals surface area (Å²) in [7, 11) is 0.0790. The second-order valence-electron chi connectivity index (χ2n) is 8.78. The fourth-order valence-corrected chi connectivity index (χ4v) is 5.97.